The Morgan fingerprint density at radius 3 is 2.25 bits per heavy atom. The highest BCUT2D eigenvalue weighted by atomic mass is 15.3. The van der Waals surface area contributed by atoms with E-state index in [4.69, 9.17) is 0 Å². The van der Waals surface area contributed by atoms with Gasteiger partial charge in [0.05, 0.1) is 5.39 Å². The molecule has 76 valence electrons. The first-order chi connectivity index (χ1) is 7.93. The standard InChI is InChI=1S/C14H11N2/c1-2-8-14(9-3-1)16-11-13-7-5-4-6-12(13)10-15-16/h1-11H/q+1. The molecule has 0 saturated heterocycles. The Morgan fingerprint density at radius 1 is 0.750 bits per heavy atom. The fourth-order valence-corrected chi connectivity index (χ4v) is 1.76. The minimum atomic E-state index is 1.08. The Labute approximate surface area is 93.8 Å². The molecule has 0 aliphatic heterocycles. The minimum absolute atomic E-state index is 1.08. The quantitative estimate of drug-likeness (QED) is 0.560. The maximum atomic E-state index is 4.39. The lowest BCUT2D eigenvalue weighted by Crippen LogP contribution is -2.34. The first-order valence-corrected chi connectivity index (χ1v) is 5.26. The van der Waals surface area contributed by atoms with E-state index in [0.717, 1.165) is 11.1 Å². The Hall–Kier alpha value is -2.22. The van der Waals surface area contributed by atoms with Gasteiger partial charge in [0.2, 0.25) is 11.9 Å². The molecule has 0 radical (unpaired) electrons. The molecule has 0 bridgehead atoms. The maximum absolute atomic E-state index is 4.39. The van der Waals surface area contributed by atoms with Gasteiger partial charge < -0.3 is 0 Å². The normalized spacial score (nSPS) is 10.5. The molecule has 0 fully saturated rings. The maximum Gasteiger partial charge on any atom is 0.238 e. The third-order valence-corrected chi connectivity index (χ3v) is 2.60. The summed E-state index contributed by atoms with van der Waals surface area (Å²) in [6, 6.07) is 18.3. The van der Waals surface area contributed by atoms with E-state index < -0.39 is 0 Å². The summed E-state index contributed by atoms with van der Waals surface area (Å²) < 4.78 is 1.89. The summed E-state index contributed by atoms with van der Waals surface area (Å²) in [5.74, 6) is 0. The molecule has 0 amide bonds. The van der Waals surface area contributed by atoms with Gasteiger partial charge in [0.15, 0.2) is 0 Å². The van der Waals surface area contributed by atoms with Crippen LogP contribution >= 0.6 is 0 Å². The van der Waals surface area contributed by atoms with Gasteiger partial charge in [0.25, 0.3) is 0 Å². The smallest absolute Gasteiger partial charge is 0.0618 e. The predicted octanol–water partition coefficient (Wildman–Crippen LogP) is 2.51. The Balaban J connectivity index is 2.19. The molecule has 1 aromatic heterocycles. The third kappa shape index (κ3) is 1.54. The number of aromatic nitrogens is 2. The summed E-state index contributed by atoms with van der Waals surface area (Å²) in [4.78, 5) is 0. The van der Waals surface area contributed by atoms with Crippen LogP contribution in [0.3, 0.4) is 0 Å². The fraction of sp³-hybridized carbons (Fsp3) is 0. The van der Waals surface area contributed by atoms with Crippen LogP contribution in [0.15, 0.2) is 67.0 Å². The molecule has 2 nitrogen and oxygen atoms in total. The second-order valence-corrected chi connectivity index (χ2v) is 3.68. The van der Waals surface area contributed by atoms with E-state index in [0.29, 0.717) is 0 Å². The van der Waals surface area contributed by atoms with Crippen LogP contribution in [-0.2, 0) is 0 Å². The van der Waals surface area contributed by atoms with E-state index in [1.807, 2.05) is 59.5 Å². The monoisotopic (exact) mass is 207 g/mol. The van der Waals surface area contributed by atoms with Gasteiger partial charge in [-0.05, 0) is 11.2 Å². The van der Waals surface area contributed by atoms with Crippen LogP contribution in [0.1, 0.15) is 0 Å². The SMILES string of the molecule is c1ccc(-[n+]2cc3ccccc3cn2)cc1. The van der Waals surface area contributed by atoms with E-state index >= 15 is 0 Å². The molecule has 16 heavy (non-hydrogen) atoms. The van der Waals surface area contributed by atoms with Gasteiger partial charge in [-0.2, -0.15) is 0 Å². The molecule has 0 atom stereocenters. The summed E-state index contributed by atoms with van der Waals surface area (Å²) in [6.45, 7) is 0. The van der Waals surface area contributed by atoms with Crippen molar-refractivity contribution in [2.75, 3.05) is 0 Å². The summed E-state index contributed by atoms with van der Waals surface area (Å²) in [5, 5.41) is 6.75. The van der Waals surface area contributed by atoms with Gasteiger partial charge in [-0.25, -0.2) is 0 Å². The molecule has 0 aliphatic carbocycles. The van der Waals surface area contributed by atoms with Gasteiger partial charge in [-0.15, -0.1) is 0 Å². The largest absolute Gasteiger partial charge is 0.238 e. The second kappa shape index (κ2) is 3.74. The van der Waals surface area contributed by atoms with E-state index in [-0.39, 0.29) is 0 Å². The molecular weight excluding hydrogens is 196 g/mol. The third-order valence-electron chi connectivity index (χ3n) is 2.60. The Kier molecular flexibility index (Phi) is 2.11. The van der Waals surface area contributed by atoms with Crippen LogP contribution in [0.2, 0.25) is 0 Å². The molecule has 0 aliphatic rings. The van der Waals surface area contributed by atoms with Crippen molar-refractivity contribution in [1.29, 1.82) is 0 Å². The lowest BCUT2D eigenvalue weighted by Gasteiger charge is -1.95. The van der Waals surface area contributed by atoms with E-state index in [2.05, 4.69) is 17.2 Å². The molecular formula is C14H11N2+. The van der Waals surface area contributed by atoms with E-state index in [9.17, 15) is 0 Å². The lowest BCUT2D eigenvalue weighted by molar-refractivity contribution is -0.658. The zero-order valence-electron chi connectivity index (χ0n) is 8.75. The molecule has 0 unspecified atom stereocenters. The van der Waals surface area contributed by atoms with Gasteiger partial charge in [-0.3, -0.25) is 0 Å². The van der Waals surface area contributed by atoms with Gasteiger partial charge in [0.1, 0.15) is 6.20 Å². The molecule has 3 rings (SSSR count). The van der Waals surface area contributed by atoms with E-state index in [1.165, 1.54) is 5.39 Å². The molecule has 0 spiro atoms. The first-order valence-electron chi connectivity index (χ1n) is 5.26. The van der Waals surface area contributed by atoms with Crippen molar-refractivity contribution in [3.8, 4) is 5.69 Å². The number of fused-ring (bicyclic) bond motifs is 1. The lowest BCUT2D eigenvalue weighted by atomic mass is 10.2. The number of hydrogen-bond acceptors (Lipinski definition) is 1. The average Bonchev–Trinajstić information content (AvgIpc) is 2.39. The highest BCUT2D eigenvalue weighted by molar-refractivity contribution is 5.79. The minimum Gasteiger partial charge on any atom is -0.0618 e. The van der Waals surface area contributed by atoms with Crippen molar-refractivity contribution in [3.05, 3.63) is 67.0 Å². The Bertz CT molecular complexity index is 618. The molecule has 3 aromatic rings. The van der Waals surface area contributed by atoms with Crippen molar-refractivity contribution in [1.82, 2.24) is 5.10 Å². The van der Waals surface area contributed by atoms with Crippen LogP contribution < -0.4 is 4.68 Å². The van der Waals surface area contributed by atoms with Gasteiger partial charge >= 0.3 is 0 Å². The summed E-state index contributed by atoms with van der Waals surface area (Å²) in [7, 11) is 0. The summed E-state index contributed by atoms with van der Waals surface area (Å²) in [6.07, 6.45) is 3.94. The topological polar surface area (TPSA) is 16.8 Å². The first kappa shape index (κ1) is 9.04. The summed E-state index contributed by atoms with van der Waals surface area (Å²) in [5.41, 5.74) is 1.08. The van der Waals surface area contributed by atoms with Crippen molar-refractivity contribution in [2.24, 2.45) is 0 Å². The molecule has 0 N–H and O–H groups in total. The van der Waals surface area contributed by atoms with Gasteiger partial charge in [-0.1, -0.05) is 41.1 Å². The predicted molar refractivity (Wildman–Crippen MR) is 63.3 cm³/mol. The average molecular weight is 207 g/mol. The van der Waals surface area contributed by atoms with Crippen molar-refractivity contribution >= 4 is 10.8 Å². The fourth-order valence-electron chi connectivity index (χ4n) is 1.76. The van der Waals surface area contributed by atoms with Crippen LogP contribution in [0.25, 0.3) is 16.5 Å². The number of nitrogens with zero attached hydrogens (tertiary/aromatic N) is 2. The van der Waals surface area contributed by atoms with Crippen molar-refractivity contribution < 1.29 is 4.68 Å². The zero-order chi connectivity index (χ0) is 10.8. The number of rotatable bonds is 1. The number of hydrogen-bond donors (Lipinski definition) is 0. The van der Waals surface area contributed by atoms with Crippen LogP contribution in [0.4, 0.5) is 0 Å². The van der Waals surface area contributed by atoms with Gasteiger partial charge in [0, 0.05) is 17.5 Å². The molecule has 2 heteroatoms. The highest BCUT2D eigenvalue weighted by Crippen LogP contribution is 2.09. The number of benzene rings is 2. The molecule has 2 aromatic carbocycles. The molecule has 0 saturated carbocycles. The second-order valence-electron chi connectivity index (χ2n) is 3.68. The van der Waals surface area contributed by atoms with Crippen LogP contribution in [0.5, 0.6) is 0 Å². The Morgan fingerprint density at radius 2 is 1.44 bits per heavy atom. The van der Waals surface area contributed by atoms with Crippen LogP contribution in [-0.4, -0.2) is 5.10 Å². The zero-order valence-corrected chi connectivity index (χ0v) is 8.75. The van der Waals surface area contributed by atoms with Crippen molar-refractivity contribution in [3.63, 3.8) is 0 Å². The highest BCUT2D eigenvalue weighted by Gasteiger charge is 2.07. The van der Waals surface area contributed by atoms with E-state index in [1.54, 1.807) is 0 Å². The van der Waals surface area contributed by atoms with Crippen molar-refractivity contribution in [2.45, 2.75) is 0 Å². The molecule has 1 heterocycles. The number of para-hydroxylation sites is 1. The van der Waals surface area contributed by atoms with Crippen LogP contribution in [0, 0.1) is 0 Å². The summed E-state index contributed by atoms with van der Waals surface area (Å²) >= 11 is 0.